The van der Waals surface area contributed by atoms with Crippen LogP contribution < -0.4 is 5.32 Å². The summed E-state index contributed by atoms with van der Waals surface area (Å²) >= 11 is 17.5. The first kappa shape index (κ1) is 20.7. The molecule has 142 valence electrons. The van der Waals surface area contributed by atoms with Crippen LogP contribution in [0, 0.1) is 0 Å². The number of aromatic amines is 1. The van der Waals surface area contributed by atoms with Crippen molar-refractivity contribution in [2.45, 2.75) is 35.7 Å². The van der Waals surface area contributed by atoms with E-state index < -0.39 is 27.5 Å². The summed E-state index contributed by atoms with van der Waals surface area (Å²) in [5.74, 6) is -0.485. The number of esters is 1. The van der Waals surface area contributed by atoms with Gasteiger partial charge in [0, 0.05) is 22.7 Å². The number of para-hydroxylation sites is 1. The van der Waals surface area contributed by atoms with Gasteiger partial charge in [-0.2, -0.15) is 0 Å². The van der Waals surface area contributed by atoms with Gasteiger partial charge in [-0.3, -0.25) is 4.79 Å². The third-order valence-corrected chi connectivity index (χ3v) is 5.28. The minimum absolute atomic E-state index is 0.0817. The summed E-state index contributed by atoms with van der Waals surface area (Å²) in [7, 11) is 1.28. The molecule has 1 aromatic heterocycles. The lowest BCUT2D eigenvalue weighted by Crippen LogP contribution is -2.44. The van der Waals surface area contributed by atoms with E-state index in [1.807, 2.05) is 24.3 Å². The number of aromatic nitrogens is 1. The second-order valence-electron chi connectivity index (χ2n) is 6.16. The minimum atomic E-state index is -1.82. The monoisotopic (exact) mass is 420 g/mol. The Bertz CT molecular complexity index is 799. The summed E-state index contributed by atoms with van der Waals surface area (Å²) in [5, 5.41) is 3.51. The predicted molar refractivity (Wildman–Crippen MR) is 102 cm³/mol. The molecule has 0 aliphatic heterocycles. The zero-order valence-electron chi connectivity index (χ0n) is 14.4. The zero-order valence-corrected chi connectivity index (χ0v) is 16.7. The number of methoxy groups -OCH3 is 1. The number of hydrogen-bond acceptors (Lipinski definition) is 4. The van der Waals surface area contributed by atoms with Gasteiger partial charge >= 0.3 is 12.1 Å². The number of alkyl halides is 3. The van der Waals surface area contributed by atoms with Crippen LogP contribution in [0.5, 0.6) is 0 Å². The lowest BCUT2D eigenvalue weighted by Gasteiger charge is -2.32. The number of amides is 1. The largest absolute Gasteiger partial charge is 0.469 e. The van der Waals surface area contributed by atoms with Crippen LogP contribution in [-0.2, 0) is 14.3 Å². The first-order valence-corrected chi connectivity index (χ1v) is 8.87. The van der Waals surface area contributed by atoms with E-state index in [0.29, 0.717) is 0 Å². The van der Waals surface area contributed by atoms with E-state index >= 15 is 0 Å². The second kappa shape index (κ2) is 7.94. The molecule has 6 nitrogen and oxygen atoms in total. The van der Waals surface area contributed by atoms with Crippen LogP contribution in [0.15, 0.2) is 30.5 Å². The molecule has 1 aromatic carbocycles. The molecule has 0 fully saturated rings. The normalized spacial score (nSPS) is 13.3. The summed E-state index contributed by atoms with van der Waals surface area (Å²) in [6, 6.07) is 6.82. The highest BCUT2D eigenvalue weighted by molar-refractivity contribution is 6.68. The minimum Gasteiger partial charge on any atom is -0.469 e. The van der Waals surface area contributed by atoms with Crippen LogP contribution in [0.1, 0.15) is 31.9 Å². The molecule has 9 heteroatoms. The molecule has 26 heavy (non-hydrogen) atoms. The van der Waals surface area contributed by atoms with Crippen LogP contribution in [-0.4, -0.2) is 33.5 Å². The van der Waals surface area contributed by atoms with Crippen LogP contribution in [0.25, 0.3) is 10.9 Å². The van der Waals surface area contributed by atoms with Crippen molar-refractivity contribution in [3.8, 4) is 0 Å². The fourth-order valence-electron chi connectivity index (χ4n) is 2.33. The molecular formula is C17H19Cl3N2O4. The molecule has 2 rings (SSSR count). The Morgan fingerprint density at radius 3 is 2.50 bits per heavy atom. The molecule has 1 atom stereocenters. The molecule has 2 aromatic rings. The third kappa shape index (κ3) is 4.75. The van der Waals surface area contributed by atoms with E-state index in [9.17, 15) is 9.59 Å². The summed E-state index contributed by atoms with van der Waals surface area (Å²) in [6.07, 6.45) is 0.820. The van der Waals surface area contributed by atoms with Gasteiger partial charge in [0.2, 0.25) is 3.79 Å². The van der Waals surface area contributed by atoms with Gasteiger partial charge in [-0.25, -0.2) is 4.79 Å². The number of nitrogens with one attached hydrogen (secondary N) is 2. The van der Waals surface area contributed by atoms with E-state index in [1.165, 1.54) is 21.0 Å². The van der Waals surface area contributed by atoms with Crippen molar-refractivity contribution in [2.75, 3.05) is 7.11 Å². The van der Waals surface area contributed by atoms with Gasteiger partial charge in [-0.1, -0.05) is 53.0 Å². The molecule has 0 saturated carbocycles. The van der Waals surface area contributed by atoms with Crippen molar-refractivity contribution in [3.63, 3.8) is 0 Å². The quantitative estimate of drug-likeness (QED) is 0.544. The number of hydrogen-bond donors (Lipinski definition) is 2. The number of carbonyl (C=O) groups excluding carboxylic acids is 2. The molecule has 0 spiro atoms. The van der Waals surface area contributed by atoms with Crippen molar-refractivity contribution in [2.24, 2.45) is 0 Å². The number of alkyl carbamates (subject to hydrolysis) is 1. The average Bonchev–Trinajstić information content (AvgIpc) is 2.96. The number of benzene rings is 1. The smallest absolute Gasteiger partial charge is 0.408 e. The summed E-state index contributed by atoms with van der Waals surface area (Å²) in [5.41, 5.74) is 0.210. The van der Waals surface area contributed by atoms with Gasteiger partial charge in [0.05, 0.1) is 19.6 Å². The molecule has 0 aliphatic rings. The summed E-state index contributed by atoms with van der Waals surface area (Å²) in [6.45, 7) is 2.95. The lowest BCUT2D eigenvalue weighted by atomic mass is 10.0. The van der Waals surface area contributed by atoms with Crippen LogP contribution in [0.3, 0.4) is 0 Å². The Labute approximate surface area is 166 Å². The van der Waals surface area contributed by atoms with Gasteiger partial charge in [-0.05, 0) is 19.9 Å². The Hall–Kier alpha value is -1.63. The fourth-order valence-corrected chi connectivity index (χ4v) is 2.45. The molecule has 2 N–H and O–H groups in total. The maximum atomic E-state index is 12.3. The van der Waals surface area contributed by atoms with E-state index in [2.05, 4.69) is 10.3 Å². The van der Waals surface area contributed by atoms with Gasteiger partial charge in [0.15, 0.2) is 5.60 Å². The molecule has 0 aliphatic carbocycles. The molecular weight excluding hydrogens is 403 g/mol. The number of ether oxygens (including phenoxy) is 2. The van der Waals surface area contributed by atoms with E-state index in [1.54, 1.807) is 6.20 Å². The highest BCUT2D eigenvalue weighted by atomic mass is 35.6. The first-order valence-electron chi connectivity index (χ1n) is 7.74. The van der Waals surface area contributed by atoms with Crippen LogP contribution in [0.4, 0.5) is 4.79 Å². The summed E-state index contributed by atoms with van der Waals surface area (Å²) < 4.78 is 8.16. The van der Waals surface area contributed by atoms with Gasteiger partial charge in [0.1, 0.15) is 0 Å². The highest BCUT2D eigenvalue weighted by Gasteiger charge is 2.44. The number of H-pyrrole nitrogens is 1. The maximum absolute atomic E-state index is 12.3. The zero-order chi connectivity index (χ0) is 19.5. The number of fused-ring (bicyclic) bond motifs is 1. The lowest BCUT2D eigenvalue weighted by molar-refractivity contribution is -0.141. The third-order valence-electron chi connectivity index (χ3n) is 3.92. The molecule has 0 bridgehead atoms. The van der Waals surface area contributed by atoms with Gasteiger partial charge in [-0.15, -0.1) is 0 Å². The Morgan fingerprint density at radius 2 is 1.88 bits per heavy atom. The molecule has 0 radical (unpaired) electrons. The Morgan fingerprint density at radius 1 is 1.23 bits per heavy atom. The van der Waals surface area contributed by atoms with Crippen molar-refractivity contribution in [1.82, 2.24) is 10.3 Å². The van der Waals surface area contributed by atoms with Crippen LogP contribution >= 0.6 is 34.8 Å². The number of carbonyl (C=O) groups is 2. The molecule has 0 unspecified atom stereocenters. The summed E-state index contributed by atoms with van der Waals surface area (Å²) in [4.78, 5) is 27.2. The first-order chi connectivity index (χ1) is 12.0. The van der Waals surface area contributed by atoms with Crippen molar-refractivity contribution < 1.29 is 19.1 Å². The second-order valence-corrected chi connectivity index (χ2v) is 8.45. The van der Waals surface area contributed by atoms with Gasteiger partial charge < -0.3 is 19.8 Å². The topological polar surface area (TPSA) is 80.4 Å². The highest BCUT2D eigenvalue weighted by Crippen LogP contribution is 2.40. The van der Waals surface area contributed by atoms with Crippen molar-refractivity contribution >= 4 is 57.8 Å². The van der Waals surface area contributed by atoms with E-state index in [0.717, 1.165) is 16.5 Å². The average molecular weight is 422 g/mol. The Balaban J connectivity index is 2.26. The van der Waals surface area contributed by atoms with Gasteiger partial charge in [0.25, 0.3) is 0 Å². The maximum Gasteiger partial charge on any atom is 0.408 e. The van der Waals surface area contributed by atoms with Crippen molar-refractivity contribution in [3.05, 3.63) is 36.0 Å². The molecule has 1 heterocycles. The SMILES string of the molecule is COC(=O)C[C@H](NC(=O)OC(C)(C)C(Cl)(Cl)Cl)c1c[nH]c2ccccc12. The van der Waals surface area contributed by atoms with Crippen molar-refractivity contribution in [1.29, 1.82) is 0 Å². The molecule has 0 saturated heterocycles. The number of halogens is 3. The van der Waals surface area contributed by atoms with E-state index in [-0.39, 0.29) is 6.42 Å². The molecule has 1 amide bonds. The van der Waals surface area contributed by atoms with Crippen LogP contribution in [0.2, 0.25) is 0 Å². The Kier molecular flexibility index (Phi) is 6.32. The fraction of sp³-hybridized carbons (Fsp3) is 0.412. The van der Waals surface area contributed by atoms with E-state index in [4.69, 9.17) is 44.3 Å². The standard InChI is InChI=1S/C17H19Cl3N2O4/c1-16(2,17(18,19)20)26-15(24)22-13(8-14(23)25-3)11-9-21-12-7-5-4-6-10(11)12/h4-7,9,13,21H,8H2,1-3H3,(H,22,24)/t13-/m0/s1. The predicted octanol–water partition coefficient (Wildman–Crippen LogP) is 4.65. The number of rotatable bonds is 5.